The van der Waals surface area contributed by atoms with Crippen molar-refractivity contribution >= 4 is 49.1 Å². The van der Waals surface area contributed by atoms with Crippen molar-refractivity contribution in [3.05, 3.63) is 70.5 Å². The number of carbonyl (C=O) groups is 2. The fourth-order valence-electron chi connectivity index (χ4n) is 4.19. The molecular formula is C26H25FN4O6S2. The van der Waals surface area contributed by atoms with Gasteiger partial charge in [-0.1, -0.05) is 6.07 Å². The summed E-state index contributed by atoms with van der Waals surface area (Å²) in [6.45, 7) is 4.08. The molecule has 0 bridgehead atoms. The Morgan fingerprint density at radius 1 is 1.10 bits per heavy atom. The van der Waals surface area contributed by atoms with Crippen LogP contribution in [0.15, 0.2) is 53.4 Å². The van der Waals surface area contributed by atoms with Crippen LogP contribution in [0.2, 0.25) is 0 Å². The lowest BCUT2D eigenvalue weighted by Crippen LogP contribution is -2.40. The largest absolute Gasteiger partial charge is 0.451 e. The number of hydrogen-bond donors (Lipinski definition) is 1. The van der Waals surface area contributed by atoms with Crippen molar-refractivity contribution in [2.24, 2.45) is 0 Å². The molecular weight excluding hydrogens is 547 g/mol. The van der Waals surface area contributed by atoms with Gasteiger partial charge < -0.3 is 14.8 Å². The molecule has 1 saturated heterocycles. The quantitative estimate of drug-likeness (QED) is 0.336. The Bertz CT molecular complexity index is 1660. The van der Waals surface area contributed by atoms with Crippen LogP contribution in [0.5, 0.6) is 0 Å². The monoisotopic (exact) mass is 572 g/mol. The summed E-state index contributed by atoms with van der Waals surface area (Å²) in [6, 6.07) is 12.1. The number of nitrogens with one attached hydrogen (secondary N) is 1. The molecule has 1 N–H and O–H groups in total. The number of ether oxygens (including phenoxy) is 2. The Hall–Kier alpha value is -3.65. The highest BCUT2D eigenvalue weighted by atomic mass is 32.2. The van der Waals surface area contributed by atoms with Crippen LogP contribution < -0.4 is 5.32 Å². The first-order chi connectivity index (χ1) is 18.6. The molecule has 1 aliphatic heterocycles. The molecule has 0 unspecified atom stereocenters. The van der Waals surface area contributed by atoms with E-state index >= 15 is 0 Å². The number of aryl methyl sites for hydroxylation is 2. The van der Waals surface area contributed by atoms with E-state index in [0.717, 1.165) is 16.7 Å². The van der Waals surface area contributed by atoms with Crippen molar-refractivity contribution in [3.8, 4) is 5.69 Å². The van der Waals surface area contributed by atoms with Crippen molar-refractivity contribution < 1.29 is 31.9 Å². The van der Waals surface area contributed by atoms with Gasteiger partial charge >= 0.3 is 5.97 Å². The SMILES string of the molecule is Cc1ccc(NC(=O)COC(=O)c2cc3c(C)nn(-c4ccc(F)cc4)c3s2)cc1S(=O)(=O)N1CCOCC1. The summed E-state index contributed by atoms with van der Waals surface area (Å²) in [6.07, 6.45) is 0. The first-order valence-corrected chi connectivity index (χ1v) is 14.3. The van der Waals surface area contributed by atoms with Crippen molar-refractivity contribution in [1.29, 1.82) is 0 Å². The van der Waals surface area contributed by atoms with Crippen molar-refractivity contribution in [3.63, 3.8) is 0 Å². The lowest BCUT2D eigenvalue weighted by atomic mass is 10.2. The molecule has 5 rings (SSSR count). The summed E-state index contributed by atoms with van der Waals surface area (Å²) in [5, 5.41) is 7.80. The summed E-state index contributed by atoms with van der Waals surface area (Å²) < 4.78 is 53.0. The normalized spacial score (nSPS) is 14.4. The number of thiophene rings is 1. The molecule has 4 aromatic rings. The molecule has 13 heteroatoms. The molecule has 0 aliphatic carbocycles. The maximum Gasteiger partial charge on any atom is 0.348 e. The van der Waals surface area contributed by atoms with E-state index < -0.39 is 28.5 Å². The minimum absolute atomic E-state index is 0.0926. The minimum atomic E-state index is -3.76. The molecule has 0 radical (unpaired) electrons. The lowest BCUT2D eigenvalue weighted by Gasteiger charge is -2.26. The van der Waals surface area contributed by atoms with Crippen LogP contribution >= 0.6 is 11.3 Å². The number of amides is 1. The molecule has 2 aromatic heterocycles. The molecule has 39 heavy (non-hydrogen) atoms. The van der Waals surface area contributed by atoms with E-state index in [-0.39, 0.29) is 34.4 Å². The van der Waals surface area contributed by atoms with Gasteiger partial charge in [0.05, 0.1) is 29.5 Å². The number of rotatable bonds is 7. The molecule has 0 atom stereocenters. The van der Waals surface area contributed by atoms with Crippen LogP contribution in [0.25, 0.3) is 15.9 Å². The van der Waals surface area contributed by atoms with Gasteiger partial charge in [-0.3, -0.25) is 4.79 Å². The average Bonchev–Trinajstić information content (AvgIpc) is 3.50. The summed E-state index contributed by atoms with van der Waals surface area (Å²) in [5.74, 6) is -1.67. The summed E-state index contributed by atoms with van der Waals surface area (Å²) in [4.78, 5) is 26.3. The van der Waals surface area contributed by atoms with Crippen LogP contribution in [0, 0.1) is 19.7 Å². The number of halogens is 1. The fraction of sp³-hybridized carbons (Fsp3) is 0.269. The van der Waals surface area contributed by atoms with E-state index in [9.17, 15) is 22.4 Å². The minimum Gasteiger partial charge on any atom is -0.451 e. The Morgan fingerprint density at radius 3 is 2.54 bits per heavy atom. The van der Waals surface area contributed by atoms with Gasteiger partial charge in [0.25, 0.3) is 5.91 Å². The smallest absolute Gasteiger partial charge is 0.348 e. The van der Waals surface area contributed by atoms with E-state index in [1.807, 2.05) is 0 Å². The molecule has 1 amide bonds. The average molecular weight is 573 g/mol. The number of hydrogen-bond acceptors (Lipinski definition) is 8. The Morgan fingerprint density at radius 2 is 1.82 bits per heavy atom. The summed E-state index contributed by atoms with van der Waals surface area (Å²) in [5.41, 5.74) is 2.14. The van der Waals surface area contributed by atoms with Gasteiger partial charge in [0, 0.05) is 24.2 Å². The highest BCUT2D eigenvalue weighted by Crippen LogP contribution is 2.31. The molecule has 0 saturated carbocycles. The first-order valence-electron chi connectivity index (χ1n) is 12.0. The van der Waals surface area contributed by atoms with E-state index in [4.69, 9.17) is 9.47 Å². The predicted octanol–water partition coefficient (Wildman–Crippen LogP) is 3.66. The van der Waals surface area contributed by atoms with E-state index in [1.54, 1.807) is 48.9 Å². The molecule has 3 heterocycles. The zero-order chi connectivity index (χ0) is 27.7. The third kappa shape index (κ3) is 5.57. The summed E-state index contributed by atoms with van der Waals surface area (Å²) >= 11 is 1.15. The van der Waals surface area contributed by atoms with Gasteiger partial charge in [-0.15, -0.1) is 11.3 Å². The number of sulfonamides is 1. The van der Waals surface area contributed by atoms with Gasteiger partial charge in [-0.25, -0.2) is 22.3 Å². The third-order valence-corrected chi connectivity index (χ3v) is 9.34. The van der Waals surface area contributed by atoms with Crippen LogP contribution in [0.3, 0.4) is 0 Å². The lowest BCUT2D eigenvalue weighted by molar-refractivity contribution is -0.119. The maximum absolute atomic E-state index is 13.3. The highest BCUT2D eigenvalue weighted by Gasteiger charge is 2.28. The number of nitrogens with zero attached hydrogens (tertiary/aromatic N) is 3. The standard InChI is InChI=1S/C26H25FN4O6S2/c1-16-3-6-19(13-23(16)39(34,35)30-9-11-36-12-10-30)28-24(32)15-37-26(33)22-14-21-17(2)29-31(25(21)38-22)20-7-4-18(27)5-8-20/h3-8,13-14H,9-12,15H2,1-2H3,(H,28,32). The molecule has 1 fully saturated rings. The molecule has 204 valence electrons. The molecule has 0 spiro atoms. The van der Waals surface area contributed by atoms with Gasteiger partial charge in [-0.2, -0.15) is 9.40 Å². The number of morpholine rings is 1. The maximum atomic E-state index is 13.3. The van der Waals surface area contributed by atoms with Crippen molar-refractivity contribution in [2.75, 3.05) is 38.2 Å². The van der Waals surface area contributed by atoms with E-state index in [1.165, 1.54) is 22.5 Å². The van der Waals surface area contributed by atoms with Gasteiger partial charge in [0.2, 0.25) is 10.0 Å². The fourth-order valence-corrected chi connectivity index (χ4v) is 6.92. The van der Waals surface area contributed by atoms with Crippen molar-refractivity contribution in [2.45, 2.75) is 18.7 Å². The number of anilines is 1. The van der Waals surface area contributed by atoms with Crippen LogP contribution in [0.1, 0.15) is 20.9 Å². The Balaban J connectivity index is 1.26. The number of aromatic nitrogens is 2. The number of benzene rings is 2. The number of esters is 1. The molecule has 2 aromatic carbocycles. The van der Waals surface area contributed by atoms with Gasteiger partial charge in [0.1, 0.15) is 15.5 Å². The zero-order valence-electron chi connectivity index (χ0n) is 21.1. The molecule has 10 nitrogen and oxygen atoms in total. The number of carbonyl (C=O) groups excluding carboxylic acids is 2. The topological polar surface area (TPSA) is 120 Å². The van der Waals surface area contributed by atoms with E-state index in [0.29, 0.717) is 35.0 Å². The van der Waals surface area contributed by atoms with Crippen LogP contribution in [-0.4, -0.2) is 67.3 Å². The Labute approximate surface area is 228 Å². The second-order valence-corrected chi connectivity index (χ2v) is 11.9. The predicted molar refractivity (Wildman–Crippen MR) is 143 cm³/mol. The first kappa shape index (κ1) is 26.9. The van der Waals surface area contributed by atoms with Crippen LogP contribution in [0.4, 0.5) is 10.1 Å². The van der Waals surface area contributed by atoms with Gasteiger partial charge in [-0.05, 0) is 61.9 Å². The second kappa shape index (κ2) is 10.8. The number of fused-ring (bicyclic) bond motifs is 1. The summed E-state index contributed by atoms with van der Waals surface area (Å²) in [7, 11) is -3.76. The highest BCUT2D eigenvalue weighted by molar-refractivity contribution is 7.89. The van der Waals surface area contributed by atoms with E-state index in [2.05, 4.69) is 10.4 Å². The van der Waals surface area contributed by atoms with Crippen molar-refractivity contribution in [1.82, 2.24) is 14.1 Å². The Kier molecular flexibility index (Phi) is 7.49. The molecule has 1 aliphatic rings. The third-order valence-electron chi connectivity index (χ3n) is 6.21. The van der Waals surface area contributed by atoms with Gasteiger partial charge in [0.15, 0.2) is 6.61 Å². The van der Waals surface area contributed by atoms with Crippen LogP contribution in [-0.2, 0) is 24.3 Å². The second-order valence-electron chi connectivity index (χ2n) is 8.92. The zero-order valence-corrected chi connectivity index (χ0v) is 22.8.